The number of hydrogen-bond acceptors (Lipinski definition) is 2. The van der Waals surface area contributed by atoms with E-state index in [0.717, 1.165) is 18.7 Å². The van der Waals surface area contributed by atoms with Crippen molar-refractivity contribution in [2.45, 2.75) is 44.9 Å². The van der Waals surface area contributed by atoms with Crippen molar-refractivity contribution in [2.75, 3.05) is 13.7 Å². The second kappa shape index (κ2) is 6.76. The van der Waals surface area contributed by atoms with E-state index in [0.29, 0.717) is 0 Å². The van der Waals surface area contributed by atoms with E-state index in [-0.39, 0.29) is 5.41 Å². The van der Waals surface area contributed by atoms with Crippen LogP contribution in [0.25, 0.3) is 0 Å². The zero-order valence-corrected chi connectivity index (χ0v) is 13.3. The van der Waals surface area contributed by atoms with E-state index in [2.05, 4.69) is 28.1 Å². The summed E-state index contributed by atoms with van der Waals surface area (Å²) in [6.45, 7) is 0.788. The van der Waals surface area contributed by atoms with Gasteiger partial charge in [-0.2, -0.15) is 0 Å². The van der Waals surface area contributed by atoms with Crippen molar-refractivity contribution >= 4 is 15.9 Å². The summed E-state index contributed by atoms with van der Waals surface area (Å²) in [6, 6.07) is 6.22. The molecule has 0 saturated heterocycles. The molecule has 2 nitrogen and oxygen atoms in total. The van der Waals surface area contributed by atoms with Gasteiger partial charge in [0.2, 0.25) is 0 Å². The van der Waals surface area contributed by atoms with E-state index >= 15 is 0 Å². The Hall–Kier alpha value is -0.540. The predicted molar refractivity (Wildman–Crippen MR) is 83.6 cm³/mol. The van der Waals surface area contributed by atoms with E-state index in [1.165, 1.54) is 48.6 Å². The number of benzene rings is 1. The summed E-state index contributed by atoms with van der Waals surface area (Å²) >= 11 is 3.66. The number of methoxy groups -OCH3 is 1. The zero-order valence-electron chi connectivity index (χ0n) is 11.8. The predicted octanol–water partition coefficient (Wildman–Crippen LogP) is 4.30. The average Bonchev–Trinajstić information content (AvgIpc) is 2.67. The molecule has 2 N–H and O–H groups in total. The van der Waals surface area contributed by atoms with Crippen LogP contribution in [0.4, 0.5) is 0 Å². The van der Waals surface area contributed by atoms with Gasteiger partial charge in [-0.15, -0.1) is 0 Å². The molecule has 106 valence electrons. The van der Waals surface area contributed by atoms with Gasteiger partial charge in [0, 0.05) is 4.47 Å². The molecule has 1 aliphatic carbocycles. The minimum atomic E-state index is 0.283. The fraction of sp³-hybridized carbons (Fsp3) is 0.625. The molecule has 3 heteroatoms. The van der Waals surface area contributed by atoms with Crippen LogP contribution in [-0.2, 0) is 6.42 Å². The highest BCUT2D eigenvalue weighted by atomic mass is 79.9. The second-order valence-electron chi connectivity index (χ2n) is 5.75. The minimum absolute atomic E-state index is 0.283. The smallest absolute Gasteiger partial charge is 0.119 e. The van der Waals surface area contributed by atoms with Gasteiger partial charge >= 0.3 is 0 Å². The van der Waals surface area contributed by atoms with Gasteiger partial charge in [0.05, 0.1) is 7.11 Å². The molecule has 0 amide bonds. The van der Waals surface area contributed by atoms with Gasteiger partial charge < -0.3 is 10.5 Å². The van der Waals surface area contributed by atoms with Gasteiger partial charge in [0.15, 0.2) is 0 Å². The molecule has 0 atom stereocenters. The summed E-state index contributed by atoms with van der Waals surface area (Å²) in [5, 5.41) is 0. The number of hydrogen-bond donors (Lipinski definition) is 1. The van der Waals surface area contributed by atoms with Crippen molar-refractivity contribution in [2.24, 2.45) is 11.1 Å². The zero-order chi connectivity index (χ0) is 13.7. The van der Waals surface area contributed by atoms with Gasteiger partial charge in [-0.1, -0.05) is 41.6 Å². The molecule has 0 radical (unpaired) electrons. The van der Waals surface area contributed by atoms with Crippen LogP contribution in [0.3, 0.4) is 0 Å². The van der Waals surface area contributed by atoms with Crippen LogP contribution in [0.5, 0.6) is 5.75 Å². The standard InChI is InChI=1S/C16H24BrNO/c1-19-14-6-7-15(17)13(10-14)11-16(12-18)8-4-2-3-5-9-16/h6-7,10H,2-5,8-9,11-12,18H2,1H3. The Morgan fingerprint density at radius 2 is 1.89 bits per heavy atom. The van der Waals surface area contributed by atoms with Gasteiger partial charge in [0.1, 0.15) is 5.75 Å². The largest absolute Gasteiger partial charge is 0.497 e. The molecule has 0 aliphatic heterocycles. The molecule has 1 aromatic carbocycles. The van der Waals surface area contributed by atoms with Gasteiger partial charge in [-0.25, -0.2) is 0 Å². The summed E-state index contributed by atoms with van der Waals surface area (Å²) in [5.74, 6) is 0.930. The highest BCUT2D eigenvalue weighted by Gasteiger charge is 2.30. The van der Waals surface area contributed by atoms with Crippen LogP contribution in [0, 0.1) is 5.41 Å². The molecule has 2 rings (SSSR count). The molecule has 1 aliphatic rings. The summed E-state index contributed by atoms with van der Waals surface area (Å²) in [4.78, 5) is 0. The summed E-state index contributed by atoms with van der Waals surface area (Å²) in [5.41, 5.74) is 7.74. The lowest BCUT2D eigenvalue weighted by Gasteiger charge is -2.32. The molecular weight excluding hydrogens is 302 g/mol. The van der Waals surface area contributed by atoms with E-state index in [4.69, 9.17) is 10.5 Å². The lowest BCUT2D eigenvalue weighted by Crippen LogP contribution is -2.32. The number of rotatable bonds is 4. The van der Waals surface area contributed by atoms with Crippen LogP contribution in [-0.4, -0.2) is 13.7 Å². The molecule has 1 saturated carbocycles. The first-order valence-corrected chi connectivity index (χ1v) is 8.01. The van der Waals surface area contributed by atoms with Crippen molar-refractivity contribution in [1.82, 2.24) is 0 Å². The topological polar surface area (TPSA) is 35.2 Å². The molecule has 0 heterocycles. The van der Waals surface area contributed by atoms with Crippen molar-refractivity contribution < 1.29 is 4.74 Å². The molecule has 1 fully saturated rings. The van der Waals surface area contributed by atoms with Crippen molar-refractivity contribution in [3.05, 3.63) is 28.2 Å². The third kappa shape index (κ3) is 3.73. The Balaban J connectivity index is 2.21. The van der Waals surface area contributed by atoms with E-state index in [1.807, 2.05) is 6.07 Å². The maximum atomic E-state index is 6.13. The maximum Gasteiger partial charge on any atom is 0.119 e. The Morgan fingerprint density at radius 3 is 2.47 bits per heavy atom. The lowest BCUT2D eigenvalue weighted by atomic mass is 9.75. The Bertz CT molecular complexity index is 411. The highest BCUT2D eigenvalue weighted by Crippen LogP contribution is 2.39. The third-order valence-electron chi connectivity index (χ3n) is 4.42. The quantitative estimate of drug-likeness (QED) is 0.837. The summed E-state index contributed by atoms with van der Waals surface area (Å²) in [7, 11) is 1.72. The van der Waals surface area contributed by atoms with Crippen LogP contribution in [0.2, 0.25) is 0 Å². The van der Waals surface area contributed by atoms with E-state index in [9.17, 15) is 0 Å². The fourth-order valence-corrected chi connectivity index (χ4v) is 3.54. The first-order valence-electron chi connectivity index (χ1n) is 7.22. The normalized spacial score (nSPS) is 18.9. The first-order chi connectivity index (χ1) is 9.19. The monoisotopic (exact) mass is 325 g/mol. The Labute approximate surface area is 124 Å². The van der Waals surface area contributed by atoms with Crippen molar-refractivity contribution in [3.63, 3.8) is 0 Å². The van der Waals surface area contributed by atoms with Crippen molar-refractivity contribution in [1.29, 1.82) is 0 Å². The second-order valence-corrected chi connectivity index (χ2v) is 6.61. The minimum Gasteiger partial charge on any atom is -0.497 e. The molecule has 1 aromatic rings. The molecule has 0 spiro atoms. The van der Waals surface area contributed by atoms with Crippen LogP contribution in [0.1, 0.15) is 44.1 Å². The first kappa shape index (κ1) is 14.9. The summed E-state index contributed by atoms with van der Waals surface area (Å²) in [6.07, 6.45) is 8.93. The lowest BCUT2D eigenvalue weighted by molar-refractivity contribution is 0.252. The van der Waals surface area contributed by atoms with Crippen LogP contribution >= 0.6 is 15.9 Å². The SMILES string of the molecule is COc1ccc(Br)c(CC2(CN)CCCCCC2)c1. The molecule has 19 heavy (non-hydrogen) atoms. The Morgan fingerprint density at radius 1 is 1.21 bits per heavy atom. The number of ether oxygens (including phenoxy) is 1. The summed E-state index contributed by atoms with van der Waals surface area (Å²) < 4.78 is 6.51. The fourth-order valence-electron chi connectivity index (χ4n) is 3.15. The molecule has 0 bridgehead atoms. The Kier molecular flexibility index (Phi) is 5.28. The number of nitrogens with two attached hydrogens (primary N) is 1. The van der Waals surface area contributed by atoms with Gasteiger partial charge in [-0.3, -0.25) is 0 Å². The molecular formula is C16H24BrNO. The van der Waals surface area contributed by atoms with Crippen LogP contribution in [0.15, 0.2) is 22.7 Å². The average molecular weight is 326 g/mol. The van der Waals surface area contributed by atoms with Crippen molar-refractivity contribution in [3.8, 4) is 5.75 Å². The van der Waals surface area contributed by atoms with Gasteiger partial charge in [-0.05, 0) is 55.0 Å². The van der Waals surface area contributed by atoms with Crippen LogP contribution < -0.4 is 10.5 Å². The maximum absolute atomic E-state index is 6.13. The molecule has 0 aromatic heterocycles. The van der Waals surface area contributed by atoms with E-state index < -0.39 is 0 Å². The van der Waals surface area contributed by atoms with Gasteiger partial charge in [0.25, 0.3) is 0 Å². The van der Waals surface area contributed by atoms with E-state index in [1.54, 1.807) is 7.11 Å². The number of halogens is 1. The third-order valence-corrected chi connectivity index (χ3v) is 5.19. The highest BCUT2D eigenvalue weighted by molar-refractivity contribution is 9.10. The molecule has 0 unspecified atom stereocenters.